The highest BCUT2D eigenvalue weighted by Crippen LogP contribution is 2.34. The minimum Gasteiger partial charge on any atom is -0.345 e. The largest absolute Gasteiger partial charge is 0.345 e. The van der Waals surface area contributed by atoms with Gasteiger partial charge in [-0.3, -0.25) is 19.2 Å². The first-order chi connectivity index (χ1) is 23.3. The molecule has 0 atom stereocenters. The third kappa shape index (κ3) is 5.88. The van der Waals surface area contributed by atoms with Crippen molar-refractivity contribution in [1.82, 2.24) is 28.7 Å². The van der Waals surface area contributed by atoms with Crippen molar-refractivity contribution in [3.63, 3.8) is 0 Å². The van der Waals surface area contributed by atoms with E-state index in [1.807, 2.05) is 72.8 Å². The Kier molecular flexibility index (Phi) is 8.66. The van der Waals surface area contributed by atoms with Crippen LogP contribution in [0.1, 0.15) is 47.9 Å². The van der Waals surface area contributed by atoms with E-state index in [0.717, 1.165) is 50.0 Å². The number of amides is 4. The van der Waals surface area contributed by atoms with Gasteiger partial charge in [0.15, 0.2) is 0 Å². The van der Waals surface area contributed by atoms with Crippen molar-refractivity contribution in [1.29, 1.82) is 0 Å². The van der Waals surface area contributed by atoms with Crippen LogP contribution in [0, 0.1) is 0 Å². The maximum atomic E-state index is 12.9. The molecule has 10 heteroatoms. The molecule has 0 unspecified atom stereocenters. The summed E-state index contributed by atoms with van der Waals surface area (Å²) in [5, 5.41) is 3.68. The number of hydrogen-bond donors (Lipinski definition) is 0. The maximum Gasteiger partial charge on any atom is 0.253 e. The Labute approximate surface area is 285 Å². The first-order valence-corrected chi connectivity index (χ1v) is 16.3. The molecule has 0 spiro atoms. The Morgan fingerprint density at radius 2 is 0.633 bits per heavy atom. The van der Waals surface area contributed by atoms with Crippen LogP contribution in [0.5, 0.6) is 0 Å². The van der Waals surface area contributed by atoms with Crippen LogP contribution in [0.25, 0.3) is 43.6 Å². The average molecular weight is 659 g/mol. The van der Waals surface area contributed by atoms with E-state index >= 15 is 0 Å². The Morgan fingerprint density at radius 3 is 0.837 bits per heavy atom. The van der Waals surface area contributed by atoms with Gasteiger partial charge in [0, 0.05) is 135 Å². The van der Waals surface area contributed by atoms with Gasteiger partial charge in [-0.25, -0.2) is 0 Å². The van der Waals surface area contributed by atoms with Gasteiger partial charge in [0.1, 0.15) is 0 Å². The monoisotopic (exact) mass is 658 g/mol. The standard InChI is InChI=1S/C39H42N6O4/c1-40(2)36(46)24-10-14-32-28(20-24)29-21-25(37(47)41(3)4)11-15-33(29)44(32)18-9-19-45-34-16-12-26(38(48)42(5)6)22-30(34)31-23-27(13-17-35(31)45)39(49)43(7)8/h10-17,20-23H,9,18-19H2,1-8H3. The van der Waals surface area contributed by atoms with E-state index in [0.29, 0.717) is 35.3 Å². The lowest BCUT2D eigenvalue weighted by molar-refractivity contribution is 0.0820. The van der Waals surface area contributed by atoms with Crippen molar-refractivity contribution in [2.24, 2.45) is 0 Å². The number of fused-ring (bicyclic) bond motifs is 6. The Morgan fingerprint density at radius 1 is 0.408 bits per heavy atom. The number of hydrogen-bond acceptors (Lipinski definition) is 4. The van der Waals surface area contributed by atoms with E-state index in [4.69, 9.17) is 0 Å². The van der Waals surface area contributed by atoms with Crippen molar-refractivity contribution in [3.8, 4) is 0 Å². The zero-order valence-electron chi connectivity index (χ0n) is 29.4. The first-order valence-electron chi connectivity index (χ1n) is 16.3. The first kappa shape index (κ1) is 33.3. The quantitative estimate of drug-likeness (QED) is 0.207. The minimum absolute atomic E-state index is 0.0828. The average Bonchev–Trinajstić information content (AvgIpc) is 3.57. The summed E-state index contributed by atoms with van der Waals surface area (Å²) < 4.78 is 4.52. The molecule has 2 aromatic heterocycles. The van der Waals surface area contributed by atoms with Gasteiger partial charge in [-0.1, -0.05) is 0 Å². The summed E-state index contributed by atoms with van der Waals surface area (Å²) in [6.07, 6.45) is 0.769. The van der Waals surface area contributed by atoms with E-state index in [-0.39, 0.29) is 23.6 Å². The van der Waals surface area contributed by atoms with Gasteiger partial charge < -0.3 is 28.7 Å². The lowest BCUT2D eigenvalue weighted by Crippen LogP contribution is -2.21. The van der Waals surface area contributed by atoms with Crippen LogP contribution in [0.3, 0.4) is 0 Å². The molecule has 0 aliphatic carbocycles. The van der Waals surface area contributed by atoms with Gasteiger partial charge >= 0.3 is 0 Å². The zero-order valence-corrected chi connectivity index (χ0v) is 29.4. The molecule has 252 valence electrons. The van der Waals surface area contributed by atoms with E-state index in [2.05, 4.69) is 9.13 Å². The number of benzene rings is 4. The summed E-state index contributed by atoms with van der Waals surface area (Å²) in [4.78, 5) is 57.9. The van der Waals surface area contributed by atoms with Gasteiger partial charge in [-0.15, -0.1) is 0 Å². The predicted molar refractivity (Wildman–Crippen MR) is 196 cm³/mol. The SMILES string of the molecule is CN(C)C(=O)c1ccc2c(c1)c1cc(C(=O)N(C)C)ccc1n2CCCn1c2ccc(C(=O)N(C)C)cc2c2cc(C(=O)N(C)C)ccc21. The van der Waals surface area contributed by atoms with Gasteiger partial charge in [0.05, 0.1) is 0 Å². The van der Waals surface area contributed by atoms with Gasteiger partial charge in [-0.05, 0) is 79.2 Å². The number of aryl methyl sites for hydroxylation is 2. The number of carbonyl (C=O) groups excluding carboxylic acids is 4. The van der Waals surface area contributed by atoms with Crippen molar-refractivity contribution >= 4 is 67.2 Å². The summed E-state index contributed by atoms with van der Waals surface area (Å²) in [5.74, 6) is -0.331. The number of aromatic nitrogens is 2. The second-order valence-electron chi connectivity index (χ2n) is 13.4. The second-order valence-corrected chi connectivity index (χ2v) is 13.4. The Hall–Kier alpha value is -5.64. The molecule has 4 amide bonds. The minimum atomic E-state index is -0.0828. The molecule has 6 aromatic rings. The molecule has 0 saturated heterocycles. The van der Waals surface area contributed by atoms with E-state index in [1.165, 1.54) is 0 Å². The van der Waals surface area contributed by atoms with Crippen molar-refractivity contribution < 1.29 is 19.2 Å². The zero-order chi connectivity index (χ0) is 35.3. The van der Waals surface area contributed by atoms with Crippen molar-refractivity contribution in [2.45, 2.75) is 19.5 Å². The van der Waals surface area contributed by atoms with Gasteiger partial charge in [-0.2, -0.15) is 0 Å². The molecular formula is C39H42N6O4. The lowest BCUT2D eigenvalue weighted by Gasteiger charge is -2.13. The van der Waals surface area contributed by atoms with Crippen LogP contribution in [-0.2, 0) is 13.1 Å². The summed E-state index contributed by atoms with van der Waals surface area (Å²) in [7, 11) is 13.9. The third-order valence-electron chi connectivity index (χ3n) is 9.11. The molecule has 0 bridgehead atoms. The molecule has 0 fully saturated rings. The molecule has 6 rings (SSSR count). The molecule has 0 radical (unpaired) electrons. The van der Waals surface area contributed by atoms with Crippen LogP contribution >= 0.6 is 0 Å². The fourth-order valence-corrected chi connectivity index (χ4v) is 6.64. The van der Waals surface area contributed by atoms with Crippen molar-refractivity contribution in [2.75, 3.05) is 56.4 Å². The van der Waals surface area contributed by atoms with Crippen LogP contribution in [-0.4, -0.2) is 109 Å². The van der Waals surface area contributed by atoms with Gasteiger partial charge in [0.25, 0.3) is 23.6 Å². The molecule has 2 heterocycles. The molecule has 0 aliphatic heterocycles. The highest BCUT2D eigenvalue weighted by Gasteiger charge is 2.20. The summed E-state index contributed by atoms with van der Waals surface area (Å²) in [5.41, 5.74) is 6.30. The maximum absolute atomic E-state index is 12.9. The molecular weight excluding hydrogens is 616 g/mol. The summed E-state index contributed by atoms with van der Waals surface area (Å²) >= 11 is 0. The fraction of sp³-hybridized carbons (Fsp3) is 0.282. The third-order valence-corrected chi connectivity index (χ3v) is 9.11. The second kappa shape index (κ2) is 12.8. The van der Waals surface area contributed by atoms with E-state index in [9.17, 15) is 19.2 Å². The number of nitrogens with zero attached hydrogens (tertiary/aromatic N) is 6. The van der Waals surface area contributed by atoms with Crippen LogP contribution in [0.2, 0.25) is 0 Å². The molecule has 0 saturated carbocycles. The number of rotatable bonds is 8. The Balaban J connectivity index is 1.43. The van der Waals surface area contributed by atoms with Crippen LogP contribution < -0.4 is 0 Å². The fourth-order valence-electron chi connectivity index (χ4n) is 6.64. The van der Waals surface area contributed by atoms with E-state index in [1.54, 1.807) is 76.0 Å². The highest BCUT2D eigenvalue weighted by atomic mass is 16.2. The molecule has 49 heavy (non-hydrogen) atoms. The van der Waals surface area contributed by atoms with Gasteiger partial charge in [0.2, 0.25) is 0 Å². The van der Waals surface area contributed by atoms with Crippen LogP contribution in [0.4, 0.5) is 0 Å². The summed E-state index contributed by atoms with van der Waals surface area (Å²) in [6.45, 7) is 1.36. The molecule has 0 aliphatic rings. The Bertz CT molecular complexity index is 1990. The van der Waals surface area contributed by atoms with E-state index < -0.39 is 0 Å². The van der Waals surface area contributed by atoms with Crippen LogP contribution in [0.15, 0.2) is 72.8 Å². The molecule has 0 N–H and O–H groups in total. The topological polar surface area (TPSA) is 91.1 Å². The molecule has 10 nitrogen and oxygen atoms in total. The summed E-state index contributed by atoms with van der Waals surface area (Å²) in [6, 6.07) is 23.1. The lowest BCUT2D eigenvalue weighted by atomic mass is 10.1. The number of carbonyl (C=O) groups is 4. The highest BCUT2D eigenvalue weighted by molar-refractivity contribution is 6.14. The normalized spacial score (nSPS) is 11.4. The predicted octanol–water partition coefficient (Wildman–Crippen LogP) is 5.80. The smallest absolute Gasteiger partial charge is 0.253 e. The van der Waals surface area contributed by atoms with Crippen molar-refractivity contribution in [3.05, 3.63) is 95.1 Å². The molecule has 4 aromatic carbocycles.